The van der Waals surface area contributed by atoms with Gasteiger partial charge in [0.05, 0.1) is 6.61 Å². The van der Waals surface area contributed by atoms with Crippen LogP contribution < -0.4 is 51.4 Å². The molecule has 1 unspecified atom stereocenters. The van der Waals surface area contributed by atoms with Gasteiger partial charge in [-0.15, -0.1) is 0 Å². The molecule has 0 aliphatic heterocycles. The van der Waals surface area contributed by atoms with Crippen LogP contribution in [0.1, 0.15) is 142 Å². The van der Waals surface area contributed by atoms with E-state index in [0.29, 0.717) is 0 Å². The van der Waals surface area contributed by atoms with Crippen molar-refractivity contribution in [3.8, 4) is 0 Å². The first-order chi connectivity index (χ1) is 15.0. The van der Waals surface area contributed by atoms with Gasteiger partial charge in [-0.25, -0.2) is 8.42 Å². The third-order valence-corrected chi connectivity index (χ3v) is 6.41. The van der Waals surface area contributed by atoms with E-state index in [1.54, 1.807) is 0 Å². The van der Waals surface area contributed by atoms with E-state index in [-0.39, 0.29) is 63.9 Å². The summed E-state index contributed by atoms with van der Waals surface area (Å²) in [5.41, 5.74) is 0. The summed E-state index contributed by atoms with van der Waals surface area (Å²) in [6.45, 7) is 4.47. The Hall–Kier alpha value is 1.25. The molecule has 0 saturated carbocycles. The second-order valence-corrected chi connectivity index (χ2v) is 10.2. The summed E-state index contributed by atoms with van der Waals surface area (Å²) >= 11 is 0. The van der Waals surface area contributed by atoms with Crippen LogP contribution >= 0.6 is 0 Å². The van der Waals surface area contributed by atoms with Crippen molar-refractivity contribution in [2.75, 3.05) is 6.61 Å². The molecule has 0 aromatic rings. The van der Waals surface area contributed by atoms with Crippen LogP contribution in [0.15, 0.2) is 12.2 Å². The molecule has 186 valence electrons. The Morgan fingerprint density at radius 3 is 1.53 bits per heavy atom. The molecule has 0 bridgehead atoms. The smallest absolute Gasteiger partial charge is 0.726 e. The molecule has 0 rings (SSSR count). The van der Waals surface area contributed by atoms with Gasteiger partial charge in [-0.05, 0) is 19.3 Å². The van der Waals surface area contributed by atoms with E-state index in [2.05, 4.69) is 30.2 Å². The van der Waals surface area contributed by atoms with Crippen molar-refractivity contribution in [1.82, 2.24) is 0 Å². The van der Waals surface area contributed by atoms with Crippen LogP contribution in [0.4, 0.5) is 0 Å². The summed E-state index contributed by atoms with van der Waals surface area (Å²) in [6.07, 6.45) is 29.4. The number of hydrogen-bond acceptors (Lipinski definition) is 4. The molecule has 0 radical (unpaired) electrons. The molecule has 0 spiro atoms. The van der Waals surface area contributed by atoms with Crippen molar-refractivity contribution in [2.45, 2.75) is 142 Å². The number of allylic oxidation sites excluding steroid dienone is 1. The van der Waals surface area contributed by atoms with Crippen LogP contribution in [0, 0.1) is 5.92 Å². The number of rotatable bonds is 24. The minimum atomic E-state index is -4.61. The van der Waals surface area contributed by atoms with Crippen LogP contribution in [0.25, 0.3) is 0 Å². The van der Waals surface area contributed by atoms with Crippen molar-refractivity contribution < 1.29 is 68.5 Å². The van der Waals surface area contributed by atoms with Crippen LogP contribution in [0.2, 0.25) is 0 Å². The van der Waals surface area contributed by atoms with Gasteiger partial charge in [0.1, 0.15) is 0 Å². The summed E-state index contributed by atoms with van der Waals surface area (Å²) in [7, 11) is -4.61. The van der Waals surface area contributed by atoms with E-state index < -0.39 is 10.4 Å². The molecule has 0 saturated heterocycles. The van der Waals surface area contributed by atoms with Gasteiger partial charge in [0, 0.05) is 5.92 Å². The molecule has 1 atom stereocenters. The monoisotopic (exact) mass is 498 g/mol. The molecule has 0 aromatic carbocycles. The largest absolute Gasteiger partial charge is 1.00 e. The van der Waals surface area contributed by atoms with E-state index in [0.717, 1.165) is 19.3 Å². The van der Waals surface area contributed by atoms with Crippen molar-refractivity contribution in [3.05, 3.63) is 12.2 Å². The molecule has 0 aromatic heterocycles. The Labute approximate surface area is 243 Å². The topological polar surface area (TPSA) is 66.4 Å². The van der Waals surface area contributed by atoms with E-state index >= 15 is 0 Å². The van der Waals surface area contributed by atoms with Crippen LogP contribution in [-0.4, -0.2) is 19.6 Å². The Morgan fingerprint density at radius 1 is 0.688 bits per heavy atom. The Morgan fingerprint density at radius 2 is 1.09 bits per heavy atom. The van der Waals surface area contributed by atoms with E-state index in [1.807, 2.05) is 0 Å². The average molecular weight is 499 g/mol. The normalized spacial score (nSPS) is 12.8. The van der Waals surface area contributed by atoms with Crippen molar-refractivity contribution in [3.63, 3.8) is 0 Å². The molecular weight excluding hydrogens is 447 g/mol. The van der Waals surface area contributed by atoms with Gasteiger partial charge in [0.2, 0.25) is 10.4 Å². The average Bonchev–Trinajstić information content (AvgIpc) is 2.73. The summed E-state index contributed by atoms with van der Waals surface area (Å²) in [5, 5.41) is 0. The third kappa shape index (κ3) is 29.3. The molecule has 4 nitrogen and oxygen atoms in total. The van der Waals surface area contributed by atoms with Crippen molar-refractivity contribution >= 4 is 10.4 Å². The maximum Gasteiger partial charge on any atom is 1.00 e. The van der Waals surface area contributed by atoms with Crippen LogP contribution in [-0.2, 0) is 14.6 Å². The fourth-order valence-electron chi connectivity index (χ4n) is 3.98. The summed E-state index contributed by atoms with van der Waals surface area (Å²) < 4.78 is 37.0. The summed E-state index contributed by atoms with van der Waals surface area (Å²) in [5.74, 6) is 0.0203. The predicted molar refractivity (Wildman–Crippen MR) is 132 cm³/mol. The molecule has 6 heteroatoms. The van der Waals surface area contributed by atoms with Crippen LogP contribution in [0.5, 0.6) is 0 Å². The molecular formula is C26H51KO4S. The predicted octanol–water partition coefficient (Wildman–Crippen LogP) is 5.48. The third-order valence-electron chi connectivity index (χ3n) is 5.99. The van der Waals surface area contributed by atoms with Crippen molar-refractivity contribution in [2.24, 2.45) is 5.92 Å². The molecule has 32 heavy (non-hydrogen) atoms. The minimum Gasteiger partial charge on any atom is -0.726 e. The van der Waals surface area contributed by atoms with E-state index in [9.17, 15) is 13.0 Å². The first-order valence-corrected chi connectivity index (χ1v) is 14.6. The second-order valence-electron chi connectivity index (χ2n) is 9.12. The number of unbranched alkanes of at least 4 members (excludes halogenated alkanes) is 17. The van der Waals surface area contributed by atoms with Gasteiger partial charge in [-0.3, -0.25) is 4.18 Å². The second kappa shape index (κ2) is 26.8. The van der Waals surface area contributed by atoms with Gasteiger partial charge in [-0.1, -0.05) is 135 Å². The quantitative estimate of drug-likeness (QED) is 0.0581. The molecule has 0 N–H and O–H groups in total. The minimum absolute atomic E-state index is 0. The molecule has 0 fully saturated rings. The van der Waals surface area contributed by atoms with Gasteiger partial charge in [-0.2, -0.15) is 0 Å². The van der Waals surface area contributed by atoms with Gasteiger partial charge in [0.15, 0.2) is 0 Å². The van der Waals surface area contributed by atoms with Gasteiger partial charge < -0.3 is 4.55 Å². The molecule has 0 heterocycles. The summed E-state index contributed by atoms with van der Waals surface area (Å²) in [6, 6.07) is 0. The first kappa shape index (κ1) is 35.4. The molecule has 0 aliphatic rings. The van der Waals surface area contributed by atoms with Gasteiger partial charge in [0.25, 0.3) is 0 Å². The Bertz CT molecular complexity index is 494. The summed E-state index contributed by atoms with van der Waals surface area (Å²) in [4.78, 5) is 0. The Kier molecular flexibility index (Phi) is 29.7. The van der Waals surface area contributed by atoms with Crippen LogP contribution in [0.3, 0.4) is 0 Å². The fraction of sp³-hybridized carbons (Fsp3) is 0.923. The SMILES string of the molecule is CCCCCCCCCCCC/C=C/C(CCCCCCCCCC)COS(=O)(=O)[O-].[K+]. The zero-order valence-corrected chi connectivity index (χ0v) is 25.6. The zero-order valence-electron chi connectivity index (χ0n) is 21.6. The maximum absolute atomic E-state index is 10.8. The van der Waals surface area contributed by atoms with Gasteiger partial charge >= 0.3 is 51.4 Å². The zero-order chi connectivity index (χ0) is 23.0. The van der Waals surface area contributed by atoms with E-state index in [4.69, 9.17) is 0 Å². The molecule has 0 amide bonds. The maximum atomic E-state index is 10.8. The standard InChI is InChI=1S/C26H52O4S.K/c1-3-5-7-9-11-13-14-15-16-18-20-22-24-26(25-30-31(27,28)29)23-21-19-17-12-10-8-6-4-2;/h22,24,26H,3-21,23,25H2,1-2H3,(H,27,28,29);/q;+1/p-1/b24-22+;. The fourth-order valence-corrected chi connectivity index (χ4v) is 4.33. The Balaban J connectivity index is 0. The van der Waals surface area contributed by atoms with E-state index in [1.165, 1.54) is 109 Å². The number of hydrogen-bond donors (Lipinski definition) is 0. The molecule has 0 aliphatic carbocycles. The first-order valence-electron chi connectivity index (χ1n) is 13.3. The van der Waals surface area contributed by atoms with Crippen molar-refractivity contribution in [1.29, 1.82) is 0 Å².